The fourth-order valence-electron chi connectivity index (χ4n) is 0.889. The summed E-state index contributed by atoms with van der Waals surface area (Å²) < 4.78 is 17.5. The molecule has 0 unspecified atom stereocenters. The van der Waals surface area contributed by atoms with Crippen LogP contribution in [0.2, 0.25) is 0 Å². The fourth-order valence-corrected chi connectivity index (χ4v) is 0.889. The lowest BCUT2D eigenvalue weighted by molar-refractivity contribution is -0.137. The largest absolute Gasteiger partial charge is 0.423 e. The maximum Gasteiger partial charge on any atom is 0.318 e. The van der Waals surface area contributed by atoms with Gasteiger partial charge in [-0.2, -0.15) is 0 Å². The van der Waals surface area contributed by atoms with Crippen molar-refractivity contribution in [2.24, 2.45) is 0 Å². The fraction of sp³-hybridized carbons (Fsp3) is 0.200. The van der Waals surface area contributed by atoms with Crippen molar-refractivity contribution in [3.05, 3.63) is 30.1 Å². The van der Waals surface area contributed by atoms with Gasteiger partial charge in [0.25, 0.3) is 0 Å². The molecule has 0 amide bonds. The van der Waals surface area contributed by atoms with Gasteiger partial charge in [-0.05, 0) is 19.1 Å². The summed E-state index contributed by atoms with van der Waals surface area (Å²) in [5.41, 5.74) is 0. The van der Waals surface area contributed by atoms with Crippen LogP contribution in [0.5, 0.6) is 5.75 Å². The van der Waals surface area contributed by atoms with E-state index < -0.39 is 11.8 Å². The molecule has 0 N–H and O–H groups in total. The van der Waals surface area contributed by atoms with Crippen molar-refractivity contribution in [2.45, 2.75) is 13.3 Å². The van der Waals surface area contributed by atoms with E-state index in [0.29, 0.717) is 0 Å². The Hall–Kier alpha value is -1.71. The summed E-state index contributed by atoms with van der Waals surface area (Å²) in [6, 6.07) is 5.53. The number of ether oxygens (including phenoxy) is 1. The van der Waals surface area contributed by atoms with Gasteiger partial charge in [0.2, 0.25) is 0 Å². The van der Waals surface area contributed by atoms with Crippen molar-refractivity contribution in [3.8, 4) is 5.75 Å². The van der Waals surface area contributed by atoms with Gasteiger partial charge in [0.1, 0.15) is 12.2 Å². The van der Waals surface area contributed by atoms with Gasteiger partial charge in [0, 0.05) is 0 Å². The van der Waals surface area contributed by atoms with Gasteiger partial charge in [-0.15, -0.1) is 0 Å². The van der Waals surface area contributed by atoms with E-state index in [1.54, 1.807) is 6.07 Å². The summed E-state index contributed by atoms with van der Waals surface area (Å²) in [5, 5.41) is 0. The molecular weight excluding hydrogens is 187 g/mol. The minimum absolute atomic E-state index is 0.154. The van der Waals surface area contributed by atoms with E-state index in [1.807, 2.05) is 0 Å². The molecular formula is C10H9FO3. The quantitative estimate of drug-likeness (QED) is 0.420. The average molecular weight is 196 g/mol. The Morgan fingerprint density at radius 3 is 2.57 bits per heavy atom. The number of rotatable bonds is 3. The maximum atomic E-state index is 12.9. The standard InChI is InChI=1S/C10H9FO3/c1-7(12)6-10(13)14-9-5-3-2-4-8(9)11/h2-5H,6H2,1H3. The molecule has 0 saturated carbocycles. The molecule has 0 aromatic heterocycles. The van der Waals surface area contributed by atoms with Crippen LogP contribution >= 0.6 is 0 Å². The molecule has 0 aliphatic rings. The van der Waals surface area contributed by atoms with E-state index in [4.69, 9.17) is 0 Å². The van der Waals surface area contributed by atoms with Crippen LogP contribution in [-0.4, -0.2) is 11.8 Å². The first-order valence-electron chi connectivity index (χ1n) is 4.04. The number of Topliss-reactive ketones (excluding diaryl/α,β-unsaturated/α-hetero) is 1. The van der Waals surface area contributed by atoms with Crippen LogP contribution in [0.25, 0.3) is 0 Å². The van der Waals surface area contributed by atoms with Gasteiger partial charge in [-0.3, -0.25) is 9.59 Å². The van der Waals surface area contributed by atoms with Crippen molar-refractivity contribution >= 4 is 11.8 Å². The second-order valence-corrected chi connectivity index (χ2v) is 2.78. The number of para-hydroxylation sites is 1. The zero-order valence-electron chi connectivity index (χ0n) is 7.62. The second-order valence-electron chi connectivity index (χ2n) is 2.78. The zero-order valence-corrected chi connectivity index (χ0v) is 7.62. The van der Waals surface area contributed by atoms with Crippen LogP contribution in [-0.2, 0) is 9.59 Å². The summed E-state index contributed by atoms with van der Waals surface area (Å²) in [6.45, 7) is 1.27. The summed E-state index contributed by atoms with van der Waals surface area (Å²) in [7, 11) is 0. The van der Waals surface area contributed by atoms with Crippen LogP contribution in [0.15, 0.2) is 24.3 Å². The molecule has 4 heteroatoms. The number of hydrogen-bond donors (Lipinski definition) is 0. The molecule has 3 nitrogen and oxygen atoms in total. The van der Waals surface area contributed by atoms with E-state index in [-0.39, 0.29) is 18.0 Å². The molecule has 0 aliphatic carbocycles. The Morgan fingerprint density at radius 2 is 2.00 bits per heavy atom. The highest BCUT2D eigenvalue weighted by molar-refractivity contribution is 5.94. The number of benzene rings is 1. The first-order chi connectivity index (χ1) is 6.59. The Bertz CT molecular complexity index is 360. The lowest BCUT2D eigenvalue weighted by atomic mass is 10.3. The van der Waals surface area contributed by atoms with Crippen LogP contribution in [0.1, 0.15) is 13.3 Å². The molecule has 0 radical (unpaired) electrons. The number of esters is 1. The van der Waals surface area contributed by atoms with Gasteiger partial charge >= 0.3 is 5.97 Å². The highest BCUT2D eigenvalue weighted by Gasteiger charge is 2.10. The molecule has 1 aromatic carbocycles. The number of ketones is 1. The van der Waals surface area contributed by atoms with Gasteiger partial charge < -0.3 is 4.74 Å². The molecule has 0 bridgehead atoms. The van der Waals surface area contributed by atoms with Crippen molar-refractivity contribution in [2.75, 3.05) is 0 Å². The predicted molar refractivity (Wildman–Crippen MR) is 47.3 cm³/mol. The molecule has 14 heavy (non-hydrogen) atoms. The van der Waals surface area contributed by atoms with E-state index in [2.05, 4.69) is 4.74 Å². The van der Waals surface area contributed by atoms with E-state index in [0.717, 1.165) is 0 Å². The summed E-state index contributed by atoms with van der Waals surface area (Å²) in [6.07, 6.45) is -0.339. The molecule has 0 atom stereocenters. The lowest BCUT2D eigenvalue weighted by Gasteiger charge is -2.02. The van der Waals surface area contributed by atoms with Crippen LogP contribution in [0.3, 0.4) is 0 Å². The maximum absolute atomic E-state index is 12.9. The van der Waals surface area contributed by atoms with Crippen LogP contribution in [0, 0.1) is 5.82 Å². The summed E-state index contributed by atoms with van der Waals surface area (Å²) in [4.78, 5) is 21.5. The number of halogens is 1. The predicted octanol–water partition coefficient (Wildman–Crippen LogP) is 1.71. The Balaban J connectivity index is 2.65. The van der Waals surface area contributed by atoms with Gasteiger partial charge in [-0.25, -0.2) is 4.39 Å². The zero-order chi connectivity index (χ0) is 10.6. The molecule has 0 aliphatic heterocycles. The summed E-state index contributed by atoms with van der Waals surface area (Å²) >= 11 is 0. The van der Waals surface area contributed by atoms with Crippen molar-refractivity contribution < 1.29 is 18.7 Å². The summed E-state index contributed by atoms with van der Waals surface area (Å²) in [5.74, 6) is -1.84. The van der Waals surface area contributed by atoms with Gasteiger partial charge in [0.15, 0.2) is 11.6 Å². The minimum atomic E-state index is -0.748. The molecule has 0 heterocycles. The Morgan fingerprint density at radius 1 is 1.36 bits per heavy atom. The van der Waals surface area contributed by atoms with Crippen molar-refractivity contribution in [1.29, 1.82) is 0 Å². The van der Waals surface area contributed by atoms with Crippen LogP contribution < -0.4 is 4.74 Å². The lowest BCUT2D eigenvalue weighted by Crippen LogP contribution is -2.12. The SMILES string of the molecule is CC(=O)CC(=O)Oc1ccccc1F. The third kappa shape index (κ3) is 2.97. The normalized spacial score (nSPS) is 9.57. The average Bonchev–Trinajstić information content (AvgIpc) is 2.07. The van der Waals surface area contributed by atoms with E-state index in [9.17, 15) is 14.0 Å². The first kappa shape index (κ1) is 10.4. The molecule has 74 valence electrons. The molecule has 0 saturated heterocycles. The molecule has 1 rings (SSSR count). The van der Waals surface area contributed by atoms with E-state index >= 15 is 0 Å². The van der Waals surface area contributed by atoms with E-state index in [1.165, 1.54) is 25.1 Å². The third-order valence-corrected chi connectivity index (χ3v) is 1.45. The molecule has 0 fully saturated rings. The highest BCUT2D eigenvalue weighted by atomic mass is 19.1. The van der Waals surface area contributed by atoms with Crippen molar-refractivity contribution in [1.82, 2.24) is 0 Å². The highest BCUT2D eigenvalue weighted by Crippen LogP contribution is 2.15. The number of hydrogen-bond acceptors (Lipinski definition) is 3. The smallest absolute Gasteiger partial charge is 0.318 e. The molecule has 1 aromatic rings. The first-order valence-corrected chi connectivity index (χ1v) is 4.04. The number of carbonyl (C=O) groups excluding carboxylic acids is 2. The van der Waals surface area contributed by atoms with Crippen LogP contribution in [0.4, 0.5) is 4.39 Å². The van der Waals surface area contributed by atoms with Gasteiger partial charge in [0.05, 0.1) is 0 Å². The number of carbonyl (C=O) groups is 2. The monoisotopic (exact) mass is 196 g/mol. The van der Waals surface area contributed by atoms with Crippen molar-refractivity contribution in [3.63, 3.8) is 0 Å². The second kappa shape index (κ2) is 4.50. The third-order valence-electron chi connectivity index (χ3n) is 1.45. The topological polar surface area (TPSA) is 43.4 Å². The Kier molecular flexibility index (Phi) is 3.34. The Labute approximate surface area is 80.5 Å². The molecule has 0 spiro atoms. The van der Waals surface area contributed by atoms with Gasteiger partial charge in [-0.1, -0.05) is 12.1 Å². The minimum Gasteiger partial charge on any atom is -0.423 e.